The van der Waals surface area contributed by atoms with E-state index in [0.29, 0.717) is 31.0 Å². The van der Waals surface area contributed by atoms with Crippen molar-refractivity contribution in [1.82, 2.24) is 10.6 Å². The molecule has 0 fully saturated rings. The molecule has 0 amide bonds. The second-order valence-corrected chi connectivity index (χ2v) is 5.82. The van der Waals surface area contributed by atoms with Gasteiger partial charge < -0.3 is 20.5 Å². The fraction of sp³-hybridized carbons (Fsp3) is 0.350. The molecule has 1 unspecified atom stereocenters. The molecule has 0 spiro atoms. The zero-order valence-corrected chi connectivity index (χ0v) is 15.2. The van der Waals surface area contributed by atoms with Crippen molar-refractivity contribution in [3.05, 3.63) is 65.7 Å². The van der Waals surface area contributed by atoms with Crippen molar-refractivity contribution in [2.75, 3.05) is 13.1 Å². The Morgan fingerprint density at radius 3 is 2.48 bits per heavy atom. The third kappa shape index (κ3) is 7.22. The van der Waals surface area contributed by atoms with E-state index in [-0.39, 0.29) is 12.3 Å². The topological polar surface area (TPSA) is 65.9 Å². The van der Waals surface area contributed by atoms with Crippen LogP contribution in [0.15, 0.2) is 59.6 Å². The SMILES string of the molecule is CCNC(=NCc1ccccc1OC(F)F)NCCC(O)c1ccccc1. The van der Waals surface area contributed by atoms with Crippen LogP contribution in [0.2, 0.25) is 0 Å². The molecule has 0 heterocycles. The van der Waals surface area contributed by atoms with Gasteiger partial charge in [-0.25, -0.2) is 4.99 Å². The molecule has 0 aromatic heterocycles. The lowest BCUT2D eigenvalue weighted by atomic mass is 10.1. The van der Waals surface area contributed by atoms with Crippen LogP contribution in [-0.4, -0.2) is 30.8 Å². The summed E-state index contributed by atoms with van der Waals surface area (Å²) >= 11 is 0. The van der Waals surface area contributed by atoms with Crippen molar-refractivity contribution in [3.8, 4) is 5.75 Å². The van der Waals surface area contributed by atoms with Gasteiger partial charge in [-0.1, -0.05) is 48.5 Å². The maximum Gasteiger partial charge on any atom is 0.387 e. The summed E-state index contributed by atoms with van der Waals surface area (Å²) in [4.78, 5) is 4.41. The van der Waals surface area contributed by atoms with E-state index in [1.807, 2.05) is 37.3 Å². The number of alkyl halides is 2. The lowest BCUT2D eigenvalue weighted by molar-refractivity contribution is -0.0504. The minimum Gasteiger partial charge on any atom is -0.434 e. The fourth-order valence-electron chi connectivity index (χ4n) is 2.52. The van der Waals surface area contributed by atoms with Gasteiger partial charge in [0.25, 0.3) is 0 Å². The van der Waals surface area contributed by atoms with Gasteiger partial charge >= 0.3 is 6.61 Å². The fourth-order valence-corrected chi connectivity index (χ4v) is 2.52. The lowest BCUT2D eigenvalue weighted by Gasteiger charge is -2.15. The molecule has 5 nitrogen and oxygen atoms in total. The van der Waals surface area contributed by atoms with Gasteiger partial charge in [0.05, 0.1) is 12.6 Å². The van der Waals surface area contributed by atoms with Crippen LogP contribution in [0.3, 0.4) is 0 Å². The Kier molecular flexibility index (Phi) is 8.51. The highest BCUT2D eigenvalue weighted by Crippen LogP contribution is 2.21. The molecule has 2 aromatic carbocycles. The van der Waals surface area contributed by atoms with Crippen LogP contribution in [0, 0.1) is 0 Å². The molecule has 0 saturated carbocycles. The quantitative estimate of drug-likeness (QED) is 0.462. The van der Waals surface area contributed by atoms with E-state index >= 15 is 0 Å². The summed E-state index contributed by atoms with van der Waals surface area (Å²) in [6, 6.07) is 16.0. The Morgan fingerprint density at radius 2 is 1.78 bits per heavy atom. The molecule has 0 aliphatic rings. The van der Waals surface area contributed by atoms with E-state index in [1.54, 1.807) is 18.2 Å². The molecule has 146 valence electrons. The summed E-state index contributed by atoms with van der Waals surface area (Å²) in [5.74, 6) is 0.663. The molecule has 0 bridgehead atoms. The molecule has 3 N–H and O–H groups in total. The van der Waals surface area contributed by atoms with E-state index in [0.717, 1.165) is 5.56 Å². The monoisotopic (exact) mass is 377 g/mol. The zero-order valence-electron chi connectivity index (χ0n) is 15.2. The third-order valence-corrected chi connectivity index (χ3v) is 3.83. The van der Waals surface area contributed by atoms with E-state index < -0.39 is 12.7 Å². The number of hydrogen-bond donors (Lipinski definition) is 3. The standard InChI is InChI=1S/C20H25F2N3O2/c1-2-23-20(24-13-12-17(26)15-8-4-3-5-9-15)25-14-16-10-6-7-11-18(16)27-19(21)22/h3-11,17,19,26H,2,12-14H2,1H3,(H2,23,24,25). The second kappa shape index (κ2) is 11.1. The van der Waals surface area contributed by atoms with Crippen molar-refractivity contribution in [2.24, 2.45) is 4.99 Å². The highest BCUT2D eigenvalue weighted by Gasteiger charge is 2.10. The van der Waals surface area contributed by atoms with Crippen molar-refractivity contribution in [3.63, 3.8) is 0 Å². The van der Waals surface area contributed by atoms with Gasteiger partial charge in [0.15, 0.2) is 5.96 Å². The molecule has 1 atom stereocenters. The van der Waals surface area contributed by atoms with Gasteiger partial charge in [-0.3, -0.25) is 0 Å². The number of nitrogens with one attached hydrogen (secondary N) is 2. The van der Waals surface area contributed by atoms with Crippen LogP contribution in [0.4, 0.5) is 8.78 Å². The predicted molar refractivity (Wildman–Crippen MR) is 102 cm³/mol. The van der Waals surface area contributed by atoms with Crippen molar-refractivity contribution >= 4 is 5.96 Å². The number of halogens is 2. The van der Waals surface area contributed by atoms with E-state index in [4.69, 9.17) is 0 Å². The number of rotatable bonds is 9. The number of benzene rings is 2. The number of hydrogen-bond acceptors (Lipinski definition) is 3. The first-order valence-corrected chi connectivity index (χ1v) is 8.88. The molecular weight excluding hydrogens is 352 g/mol. The van der Waals surface area contributed by atoms with E-state index in [1.165, 1.54) is 6.07 Å². The molecule has 0 aliphatic carbocycles. The lowest BCUT2D eigenvalue weighted by Crippen LogP contribution is -2.38. The summed E-state index contributed by atoms with van der Waals surface area (Å²) in [7, 11) is 0. The summed E-state index contributed by atoms with van der Waals surface area (Å²) in [6.45, 7) is 0.420. The molecule has 0 aliphatic heterocycles. The van der Waals surface area contributed by atoms with Gasteiger partial charge in [0.1, 0.15) is 5.75 Å². The summed E-state index contributed by atoms with van der Waals surface area (Å²) in [5.41, 5.74) is 1.43. The van der Waals surface area contributed by atoms with Crippen LogP contribution in [0.25, 0.3) is 0 Å². The minimum atomic E-state index is -2.87. The first-order chi connectivity index (χ1) is 13.1. The van der Waals surface area contributed by atoms with Crippen LogP contribution in [0.5, 0.6) is 5.75 Å². The highest BCUT2D eigenvalue weighted by atomic mass is 19.3. The van der Waals surface area contributed by atoms with Crippen LogP contribution < -0.4 is 15.4 Å². The van der Waals surface area contributed by atoms with Crippen LogP contribution in [-0.2, 0) is 6.54 Å². The van der Waals surface area contributed by atoms with Gasteiger partial charge in [0, 0.05) is 18.7 Å². The number of aliphatic hydroxyl groups excluding tert-OH is 1. The summed E-state index contributed by atoms with van der Waals surface area (Å²) in [5, 5.41) is 16.4. The van der Waals surface area contributed by atoms with Gasteiger partial charge in [0.2, 0.25) is 0 Å². The number of aliphatic imine (C=N–C) groups is 1. The third-order valence-electron chi connectivity index (χ3n) is 3.83. The Labute approximate surface area is 158 Å². The maximum absolute atomic E-state index is 12.5. The average Bonchev–Trinajstić information content (AvgIpc) is 2.67. The number of ether oxygens (including phenoxy) is 1. The largest absolute Gasteiger partial charge is 0.434 e. The Morgan fingerprint density at radius 1 is 1.07 bits per heavy atom. The predicted octanol–water partition coefficient (Wildman–Crippen LogP) is 3.47. The zero-order chi connectivity index (χ0) is 19.5. The first-order valence-electron chi connectivity index (χ1n) is 8.88. The number of aliphatic hydroxyl groups is 1. The first kappa shape index (κ1) is 20.6. The highest BCUT2D eigenvalue weighted by molar-refractivity contribution is 5.79. The molecule has 27 heavy (non-hydrogen) atoms. The smallest absolute Gasteiger partial charge is 0.387 e. The molecular formula is C20H25F2N3O2. The number of para-hydroxylation sites is 1. The summed E-state index contributed by atoms with van der Waals surface area (Å²) < 4.78 is 29.5. The van der Waals surface area contributed by atoms with Crippen LogP contribution in [0.1, 0.15) is 30.6 Å². The van der Waals surface area contributed by atoms with Crippen molar-refractivity contribution in [1.29, 1.82) is 0 Å². The Balaban J connectivity index is 1.92. The minimum absolute atomic E-state index is 0.117. The molecule has 2 aromatic rings. The molecule has 0 saturated heterocycles. The van der Waals surface area contributed by atoms with Crippen molar-refractivity contribution < 1.29 is 18.6 Å². The molecule has 0 radical (unpaired) electrons. The molecule has 7 heteroatoms. The number of guanidine groups is 1. The Bertz CT molecular complexity index is 711. The van der Waals surface area contributed by atoms with Crippen LogP contribution >= 0.6 is 0 Å². The van der Waals surface area contributed by atoms with E-state index in [9.17, 15) is 13.9 Å². The van der Waals surface area contributed by atoms with Gasteiger partial charge in [-0.15, -0.1) is 0 Å². The average molecular weight is 377 g/mol. The van der Waals surface area contributed by atoms with Gasteiger partial charge in [-0.2, -0.15) is 8.78 Å². The number of nitrogens with zero attached hydrogens (tertiary/aromatic N) is 1. The normalized spacial score (nSPS) is 12.7. The second-order valence-electron chi connectivity index (χ2n) is 5.82. The van der Waals surface area contributed by atoms with E-state index in [2.05, 4.69) is 20.4 Å². The van der Waals surface area contributed by atoms with Gasteiger partial charge in [-0.05, 0) is 25.0 Å². The Hall–Kier alpha value is -2.67. The maximum atomic E-state index is 12.5. The summed E-state index contributed by atoms with van der Waals surface area (Å²) in [6.07, 6.45) is -0.0544. The van der Waals surface area contributed by atoms with Crippen molar-refractivity contribution in [2.45, 2.75) is 32.6 Å². The molecule has 2 rings (SSSR count).